The summed E-state index contributed by atoms with van der Waals surface area (Å²) in [6.45, 7) is 6.66. The Bertz CT molecular complexity index is 794. The van der Waals surface area contributed by atoms with E-state index in [9.17, 15) is 9.18 Å². The molecule has 2 aromatic rings. The van der Waals surface area contributed by atoms with Crippen LogP contribution in [0.15, 0.2) is 48.8 Å². The zero-order valence-electron chi connectivity index (χ0n) is 14.1. The fraction of sp³-hybridized carbons (Fsp3) is 0.316. The number of likely N-dealkylation sites (tertiary alicyclic amines) is 1. The number of hydrogen-bond acceptors (Lipinski definition) is 4. The molecule has 0 spiro atoms. The van der Waals surface area contributed by atoms with Crippen molar-refractivity contribution in [2.24, 2.45) is 0 Å². The lowest BCUT2D eigenvalue weighted by Gasteiger charge is -2.32. The first kappa shape index (κ1) is 17.1. The second kappa shape index (κ2) is 7.42. The van der Waals surface area contributed by atoms with E-state index < -0.39 is 5.82 Å². The van der Waals surface area contributed by atoms with Crippen LogP contribution in [-0.2, 0) is 4.79 Å². The Balaban J connectivity index is 1.84. The normalized spacial score (nSPS) is 17.2. The second-order valence-electron chi connectivity index (χ2n) is 6.15. The van der Waals surface area contributed by atoms with Crippen molar-refractivity contribution < 1.29 is 13.9 Å². The molecule has 0 saturated carbocycles. The highest BCUT2D eigenvalue weighted by Crippen LogP contribution is 2.33. The third-order valence-corrected chi connectivity index (χ3v) is 4.19. The van der Waals surface area contributed by atoms with Gasteiger partial charge < -0.3 is 9.64 Å². The van der Waals surface area contributed by atoms with Crippen molar-refractivity contribution in [1.82, 2.24) is 14.9 Å². The lowest BCUT2D eigenvalue weighted by molar-refractivity contribution is -0.128. The maximum atomic E-state index is 13.9. The molecule has 1 amide bonds. The highest BCUT2D eigenvalue weighted by molar-refractivity contribution is 5.92. The third kappa shape index (κ3) is 3.84. The molecule has 2 heterocycles. The predicted octanol–water partition coefficient (Wildman–Crippen LogP) is 3.69. The third-order valence-electron chi connectivity index (χ3n) is 4.19. The van der Waals surface area contributed by atoms with Gasteiger partial charge in [-0.15, -0.1) is 0 Å². The van der Waals surface area contributed by atoms with Gasteiger partial charge in [-0.25, -0.2) is 9.37 Å². The highest BCUT2D eigenvalue weighted by atomic mass is 19.1. The molecular weight excluding hydrogens is 321 g/mol. The number of amides is 1. The first-order chi connectivity index (χ1) is 12.1. The van der Waals surface area contributed by atoms with Gasteiger partial charge in [0, 0.05) is 37.0 Å². The number of carbonyl (C=O) groups is 1. The van der Waals surface area contributed by atoms with Crippen LogP contribution in [0.2, 0.25) is 0 Å². The van der Waals surface area contributed by atoms with E-state index in [1.54, 1.807) is 36.2 Å². The van der Waals surface area contributed by atoms with Crippen LogP contribution in [0.1, 0.15) is 31.4 Å². The number of piperidine rings is 1. The van der Waals surface area contributed by atoms with Gasteiger partial charge in [-0.05, 0) is 31.9 Å². The summed E-state index contributed by atoms with van der Waals surface area (Å²) in [4.78, 5) is 22.6. The number of nitrogens with zero attached hydrogens (tertiary/aromatic N) is 3. The number of hydrogen-bond donors (Lipinski definition) is 0. The van der Waals surface area contributed by atoms with Crippen molar-refractivity contribution in [3.05, 3.63) is 60.3 Å². The van der Waals surface area contributed by atoms with E-state index in [-0.39, 0.29) is 23.5 Å². The SMILES string of the molecule is C=C(C)C(=O)N1CCCC(c2nccnc2Oc2ccccc2F)C1. The van der Waals surface area contributed by atoms with Crippen molar-refractivity contribution in [2.75, 3.05) is 13.1 Å². The van der Waals surface area contributed by atoms with Gasteiger partial charge >= 0.3 is 0 Å². The first-order valence-corrected chi connectivity index (χ1v) is 8.24. The van der Waals surface area contributed by atoms with Crippen LogP contribution in [0.3, 0.4) is 0 Å². The minimum absolute atomic E-state index is 0.00692. The van der Waals surface area contributed by atoms with Gasteiger partial charge in [-0.1, -0.05) is 18.7 Å². The molecule has 5 nitrogen and oxygen atoms in total. The van der Waals surface area contributed by atoms with Crippen molar-refractivity contribution in [3.8, 4) is 11.6 Å². The highest BCUT2D eigenvalue weighted by Gasteiger charge is 2.28. The molecule has 0 aliphatic carbocycles. The Labute approximate surface area is 146 Å². The number of rotatable bonds is 4. The van der Waals surface area contributed by atoms with E-state index in [1.165, 1.54) is 12.3 Å². The lowest BCUT2D eigenvalue weighted by atomic mass is 9.94. The summed E-state index contributed by atoms with van der Waals surface area (Å²) in [5.41, 5.74) is 1.16. The standard InChI is InChI=1S/C19H20FN3O2/c1-13(2)19(24)23-11-5-6-14(12-23)17-18(22-10-9-21-17)25-16-8-4-3-7-15(16)20/h3-4,7-10,14H,1,5-6,11-12H2,2H3. The van der Waals surface area contributed by atoms with Gasteiger partial charge in [-0.2, -0.15) is 0 Å². The van der Waals surface area contributed by atoms with Crippen molar-refractivity contribution in [2.45, 2.75) is 25.7 Å². The van der Waals surface area contributed by atoms with E-state index in [0.717, 1.165) is 12.8 Å². The fourth-order valence-corrected chi connectivity index (χ4v) is 2.98. The number of halogens is 1. The molecule has 1 unspecified atom stereocenters. The Morgan fingerprint density at radius 2 is 2.08 bits per heavy atom. The van der Waals surface area contributed by atoms with Crippen LogP contribution < -0.4 is 4.74 Å². The van der Waals surface area contributed by atoms with Crippen LogP contribution in [0.5, 0.6) is 11.6 Å². The lowest BCUT2D eigenvalue weighted by Crippen LogP contribution is -2.39. The second-order valence-corrected chi connectivity index (χ2v) is 6.15. The summed E-state index contributed by atoms with van der Waals surface area (Å²) < 4.78 is 19.5. The Hall–Kier alpha value is -2.76. The number of benzene rings is 1. The van der Waals surface area contributed by atoms with Crippen molar-refractivity contribution >= 4 is 5.91 Å². The Morgan fingerprint density at radius 1 is 1.32 bits per heavy atom. The van der Waals surface area contributed by atoms with E-state index in [0.29, 0.717) is 24.4 Å². The molecule has 1 aliphatic heterocycles. The zero-order chi connectivity index (χ0) is 17.8. The van der Waals surface area contributed by atoms with Crippen molar-refractivity contribution in [3.63, 3.8) is 0 Å². The molecule has 130 valence electrons. The average Bonchev–Trinajstić information content (AvgIpc) is 2.63. The first-order valence-electron chi connectivity index (χ1n) is 8.24. The number of aromatic nitrogens is 2. The molecule has 1 saturated heterocycles. The maximum absolute atomic E-state index is 13.9. The molecule has 0 N–H and O–H groups in total. The van der Waals surface area contributed by atoms with E-state index >= 15 is 0 Å². The number of carbonyl (C=O) groups excluding carboxylic acids is 1. The van der Waals surface area contributed by atoms with Crippen LogP contribution in [0.4, 0.5) is 4.39 Å². The van der Waals surface area contributed by atoms with Crippen LogP contribution in [0, 0.1) is 5.82 Å². The minimum atomic E-state index is -0.457. The van der Waals surface area contributed by atoms with Gasteiger partial charge in [0.2, 0.25) is 11.8 Å². The summed E-state index contributed by atoms with van der Waals surface area (Å²) in [6.07, 6.45) is 4.83. The quantitative estimate of drug-likeness (QED) is 0.796. The van der Waals surface area contributed by atoms with E-state index in [2.05, 4.69) is 16.5 Å². The summed E-state index contributed by atoms with van der Waals surface area (Å²) in [5, 5.41) is 0. The van der Waals surface area contributed by atoms with Crippen LogP contribution in [-0.4, -0.2) is 33.9 Å². The molecule has 1 aliphatic rings. The molecule has 0 bridgehead atoms. The minimum Gasteiger partial charge on any atom is -0.434 e. The molecule has 1 aromatic heterocycles. The van der Waals surface area contributed by atoms with E-state index in [4.69, 9.17) is 4.74 Å². The van der Waals surface area contributed by atoms with Crippen LogP contribution in [0.25, 0.3) is 0 Å². The molecule has 1 atom stereocenters. The summed E-state index contributed by atoms with van der Waals surface area (Å²) in [6, 6.07) is 6.18. The average molecular weight is 341 g/mol. The van der Waals surface area contributed by atoms with Gasteiger partial charge in [0.25, 0.3) is 0 Å². The number of para-hydroxylation sites is 1. The van der Waals surface area contributed by atoms with Gasteiger partial charge in [0.15, 0.2) is 11.6 Å². The molecule has 6 heteroatoms. The van der Waals surface area contributed by atoms with Gasteiger partial charge in [-0.3, -0.25) is 9.78 Å². The smallest absolute Gasteiger partial charge is 0.248 e. The van der Waals surface area contributed by atoms with Gasteiger partial charge in [0.05, 0.1) is 0 Å². The van der Waals surface area contributed by atoms with Crippen LogP contribution >= 0.6 is 0 Å². The molecule has 1 fully saturated rings. The molecule has 1 aromatic carbocycles. The molecular formula is C19H20FN3O2. The largest absolute Gasteiger partial charge is 0.434 e. The Morgan fingerprint density at radius 3 is 2.84 bits per heavy atom. The molecule has 25 heavy (non-hydrogen) atoms. The fourth-order valence-electron chi connectivity index (χ4n) is 2.98. The summed E-state index contributed by atoms with van der Waals surface area (Å²) >= 11 is 0. The molecule has 3 rings (SSSR count). The monoisotopic (exact) mass is 341 g/mol. The zero-order valence-corrected chi connectivity index (χ0v) is 14.1. The maximum Gasteiger partial charge on any atom is 0.248 e. The summed E-state index contributed by atoms with van der Waals surface area (Å²) in [7, 11) is 0. The summed E-state index contributed by atoms with van der Waals surface area (Å²) in [5.74, 6) is -0.128. The van der Waals surface area contributed by atoms with E-state index in [1.807, 2.05) is 0 Å². The van der Waals surface area contributed by atoms with Gasteiger partial charge in [0.1, 0.15) is 5.69 Å². The number of ether oxygens (including phenoxy) is 1. The predicted molar refractivity (Wildman–Crippen MR) is 91.9 cm³/mol. The topological polar surface area (TPSA) is 55.3 Å². The Kier molecular flexibility index (Phi) is 5.07. The molecule has 0 radical (unpaired) electrons. The van der Waals surface area contributed by atoms with Crippen molar-refractivity contribution in [1.29, 1.82) is 0 Å².